The van der Waals surface area contributed by atoms with E-state index in [1.54, 1.807) is 11.8 Å². The van der Waals surface area contributed by atoms with E-state index in [0.717, 1.165) is 25.7 Å². The van der Waals surface area contributed by atoms with Crippen LogP contribution in [0.3, 0.4) is 0 Å². The van der Waals surface area contributed by atoms with Gasteiger partial charge in [0.05, 0.1) is 24.4 Å². The van der Waals surface area contributed by atoms with E-state index in [0.29, 0.717) is 18.7 Å². The van der Waals surface area contributed by atoms with Crippen molar-refractivity contribution in [1.29, 1.82) is 0 Å². The van der Waals surface area contributed by atoms with Crippen LogP contribution in [0.15, 0.2) is 0 Å². The minimum Gasteiger partial charge on any atom is -0.476 e. The molecule has 0 radical (unpaired) electrons. The van der Waals surface area contributed by atoms with Crippen molar-refractivity contribution in [2.24, 2.45) is 0 Å². The second kappa shape index (κ2) is 6.12. The van der Waals surface area contributed by atoms with Crippen LogP contribution in [0.1, 0.15) is 47.9 Å². The van der Waals surface area contributed by atoms with E-state index in [4.69, 9.17) is 9.84 Å². The quantitative estimate of drug-likeness (QED) is 0.814. The molecule has 1 aliphatic carbocycles. The lowest BCUT2D eigenvalue weighted by Crippen LogP contribution is -2.30. The fourth-order valence-electron chi connectivity index (χ4n) is 2.55. The van der Waals surface area contributed by atoms with E-state index in [1.807, 2.05) is 0 Å². The van der Waals surface area contributed by atoms with Crippen LogP contribution in [0, 0.1) is 0 Å². The van der Waals surface area contributed by atoms with Crippen LogP contribution in [0.4, 0.5) is 0 Å². The van der Waals surface area contributed by atoms with Crippen molar-refractivity contribution in [3.05, 3.63) is 11.4 Å². The predicted octanol–water partition coefficient (Wildman–Crippen LogP) is 0.641. The first-order valence-electron chi connectivity index (χ1n) is 6.49. The van der Waals surface area contributed by atoms with Crippen molar-refractivity contribution in [2.45, 2.75) is 44.2 Å². The van der Waals surface area contributed by atoms with Gasteiger partial charge in [0.1, 0.15) is 0 Å². The number of aliphatic hydroxyl groups is 1. The molecule has 1 aromatic rings. The maximum absolute atomic E-state index is 11.1. The molecule has 0 aliphatic heterocycles. The number of aromatic carboxylic acids is 1. The molecule has 1 fully saturated rings. The van der Waals surface area contributed by atoms with E-state index in [1.165, 1.54) is 0 Å². The third-order valence-electron chi connectivity index (χ3n) is 3.54. The molecule has 1 aromatic heterocycles. The van der Waals surface area contributed by atoms with E-state index in [-0.39, 0.29) is 11.7 Å². The van der Waals surface area contributed by atoms with Crippen LogP contribution in [0.5, 0.6) is 0 Å². The van der Waals surface area contributed by atoms with Gasteiger partial charge in [-0.2, -0.15) is 0 Å². The lowest BCUT2D eigenvalue weighted by molar-refractivity contribution is 0.0651. The molecule has 1 aliphatic rings. The summed E-state index contributed by atoms with van der Waals surface area (Å²) in [6, 6.07) is -0.179. The van der Waals surface area contributed by atoms with Crippen LogP contribution in [0.2, 0.25) is 0 Å². The van der Waals surface area contributed by atoms with Gasteiger partial charge in [-0.3, -0.25) is 0 Å². The van der Waals surface area contributed by atoms with Gasteiger partial charge in [0, 0.05) is 13.5 Å². The summed E-state index contributed by atoms with van der Waals surface area (Å²) < 4.78 is 6.57. The molecule has 1 saturated carbocycles. The molecule has 2 unspecified atom stereocenters. The van der Waals surface area contributed by atoms with Crippen molar-refractivity contribution < 1.29 is 19.7 Å². The average molecular weight is 269 g/mol. The number of carbonyl (C=O) groups is 1. The van der Waals surface area contributed by atoms with Gasteiger partial charge in [0.15, 0.2) is 5.69 Å². The van der Waals surface area contributed by atoms with Gasteiger partial charge < -0.3 is 14.9 Å². The van der Waals surface area contributed by atoms with Crippen LogP contribution >= 0.6 is 0 Å². The van der Waals surface area contributed by atoms with E-state index < -0.39 is 12.1 Å². The van der Waals surface area contributed by atoms with Crippen LogP contribution in [-0.2, 0) is 11.2 Å². The molecule has 2 N–H and O–H groups in total. The van der Waals surface area contributed by atoms with Crippen molar-refractivity contribution in [1.82, 2.24) is 15.0 Å². The highest BCUT2D eigenvalue weighted by Gasteiger charge is 2.30. The van der Waals surface area contributed by atoms with Crippen molar-refractivity contribution in [2.75, 3.05) is 13.7 Å². The van der Waals surface area contributed by atoms with Gasteiger partial charge in [-0.1, -0.05) is 18.1 Å². The number of ether oxygens (including phenoxy) is 1. The first-order valence-corrected chi connectivity index (χ1v) is 6.49. The number of hydrogen-bond donors (Lipinski definition) is 2. The Bertz CT molecular complexity index is 446. The molecule has 0 bridgehead atoms. The molecular formula is C12H19N3O4. The lowest BCUT2D eigenvalue weighted by Gasteiger charge is -2.28. The molecular weight excluding hydrogens is 250 g/mol. The highest BCUT2D eigenvalue weighted by Crippen LogP contribution is 2.29. The maximum Gasteiger partial charge on any atom is 0.358 e. The zero-order valence-corrected chi connectivity index (χ0v) is 10.9. The fourth-order valence-corrected chi connectivity index (χ4v) is 2.55. The zero-order chi connectivity index (χ0) is 13.8. The Balaban J connectivity index is 2.30. The molecule has 19 heavy (non-hydrogen) atoms. The minimum atomic E-state index is -1.09. The Kier molecular flexibility index (Phi) is 4.49. The summed E-state index contributed by atoms with van der Waals surface area (Å²) in [7, 11) is 1.56. The summed E-state index contributed by atoms with van der Waals surface area (Å²) in [5.41, 5.74) is 0.482. The predicted molar refractivity (Wildman–Crippen MR) is 66.1 cm³/mol. The molecule has 0 saturated heterocycles. The molecule has 7 nitrogen and oxygen atoms in total. The number of methoxy groups -OCH3 is 1. The van der Waals surface area contributed by atoms with Gasteiger partial charge in [0.25, 0.3) is 0 Å². The average Bonchev–Trinajstić information content (AvgIpc) is 2.80. The van der Waals surface area contributed by atoms with Crippen LogP contribution in [0.25, 0.3) is 0 Å². The molecule has 0 spiro atoms. The molecule has 0 aromatic carbocycles. The summed E-state index contributed by atoms with van der Waals surface area (Å²) >= 11 is 0. The number of hydrogen-bond acceptors (Lipinski definition) is 5. The Labute approximate surface area is 111 Å². The third-order valence-corrected chi connectivity index (χ3v) is 3.54. The Morgan fingerprint density at radius 1 is 1.47 bits per heavy atom. The Hall–Kier alpha value is -1.47. The van der Waals surface area contributed by atoms with Gasteiger partial charge >= 0.3 is 5.97 Å². The smallest absolute Gasteiger partial charge is 0.358 e. The molecule has 2 rings (SSSR count). The van der Waals surface area contributed by atoms with Crippen molar-refractivity contribution in [3.63, 3.8) is 0 Å². The molecule has 7 heteroatoms. The largest absolute Gasteiger partial charge is 0.476 e. The van der Waals surface area contributed by atoms with Crippen molar-refractivity contribution >= 4 is 5.97 Å². The third kappa shape index (κ3) is 2.93. The number of nitrogens with zero attached hydrogens (tertiary/aromatic N) is 3. The number of carboxylic acid groups (broad SMARTS) is 1. The summed E-state index contributed by atoms with van der Waals surface area (Å²) in [5, 5.41) is 26.8. The maximum atomic E-state index is 11.1. The van der Waals surface area contributed by atoms with Gasteiger partial charge in [-0.15, -0.1) is 5.10 Å². The molecule has 0 amide bonds. The molecule has 106 valence electrons. The SMILES string of the molecule is COCCc1c(C(=O)O)nnn1C1CCCCC1O. The van der Waals surface area contributed by atoms with Crippen molar-refractivity contribution in [3.8, 4) is 0 Å². The zero-order valence-electron chi connectivity index (χ0n) is 10.9. The second-order valence-electron chi connectivity index (χ2n) is 4.80. The summed E-state index contributed by atoms with van der Waals surface area (Å²) in [6.07, 6.45) is 3.45. The lowest BCUT2D eigenvalue weighted by atomic mass is 9.92. The minimum absolute atomic E-state index is 0.0465. The Morgan fingerprint density at radius 3 is 2.84 bits per heavy atom. The topological polar surface area (TPSA) is 97.5 Å². The first-order chi connectivity index (χ1) is 9.15. The number of aliphatic hydroxyl groups excluding tert-OH is 1. The van der Waals surface area contributed by atoms with E-state index in [2.05, 4.69) is 10.3 Å². The van der Waals surface area contributed by atoms with Crippen LogP contribution < -0.4 is 0 Å². The normalized spacial score (nSPS) is 23.5. The van der Waals surface area contributed by atoms with Gasteiger partial charge in [-0.05, 0) is 12.8 Å². The van der Waals surface area contributed by atoms with E-state index in [9.17, 15) is 9.90 Å². The summed E-state index contributed by atoms with van der Waals surface area (Å²) in [6.45, 7) is 0.399. The van der Waals surface area contributed by atoms with Gasteiger partial charge in [-0.25, -0.2) is 9.48 Å². The van der Waals surface area contributed by atoms with Gasteiger partial charge in [0.2, 0.25) is 0 Å². The first kappa shape index (κ1) is 14.0. The molecule has 1 heterocycles. The standard InChI is InChI=1S/C12H19N3O4/c1-19-7-6-9-11(12(17)18)13-14-15(9)8-4-2-3-5-10(8)16/h8,10,16H,2-7H2,1H3,(H,17,18). The fraction of sp³-hybridized carbons (Fsp3) is 0.750. The number of rotatable bonds is 5. The van der Waals surface area contributed by atoms with E-state index >= 15 is 0 Å². The second-order valence-corrected chi connectivity index (χ2v) is 4.80. The monoisotopic (exact) mass is 269 g/mol. The highest BCUT2D eigenvalue weighted by molar-refractivity contribution is 5.86. The summed E-state index contributed by atoms with van der Waals surface area (Å²) in [5.74, 6) is -1.09. The molecule has 2 atom stereocenters. The number of aromatic nitrogens is 3. The Morgan fingerprint density at radius 2 is 2.21 bits per heavy atom. The van der Waals surface area contributed by atoms with Crippen LogP contribution in [-0.4, -0.2) is 51.0 Å². The number of carboxylic acids is 1. The highest BCUT2D eigenvalue weighted by atomic mass is 16.5. The summed E-state index contributed by atoms with van der Waals surface area (Å²) in [4.78, 5) is 11.1.